The molecule has 0 spiro atoms. The summed E-state index contributed by atoms with van der Waals surface area (Å²) in [5.74, 6) is -0.271. The Bertz CT molecular complexity index is 600. The van der Waals surface area contributed by atoms with Gasteiger partial charge in [-0.15, -0.1) is 0 Å². The zero-order valence-electron chi connectivity index (χ0n) is 15.6. The second-order valence-corrected chi connectivity index (χ2v) is 7.99. The zero-order chi connectivity index (χ0) is 18.6. The molecule has 2 atom stereocenters. The van der Waals surface area contributed by atoms with Crippen molar-refractivity contribution in [1.82, 2.24) is 10.6 Å². The van der Waals surface area contributed by atoms with Crippen LogP contribution < -0.4 is 10.6 Å². The second kappa shape index (κ2) is 8.00. The van der Waals surface area contributed by atoms with Crippen LogP contribution in [0.4, 0.5) is 0 Å². The van der Waals surface area contributed by atoms with Gasteiger partial charge >= 0.3 is 0 Å². The van der Waals surface area contributed by atoms with Gasteiger partial charge in [-0.1, -0.05) is 51.5 Å². The third kappa shape index (κ3) is 5.30. The number of benzene rings is 1. The number of carbonyl (C=O) groups excluding carboxylic acids is 2. The summed E-state index contributed by atoms with van der Waals surface area (Å²) in [6.07, 6.45) is 2.12. The van der Waals surface area contributed by atoms with E-state index < -0.39 is 12.1 Å². The fraction of sp³-hybridized carbons (Fsp3) is 0.600. The van der Waals surface area contributed by atoms with Gasteiger partial charge in [0.2, 0.25) is 11.8 Å². The number of rotatable bonds is 6. The third-order valence-electron chi connectivity index (χ3n) is 4.86. The topological polar surface area (TPSA) is 78.4 Å². The molecular formula is C20H30N2O3. The monoisotopic (exact) mass is 346 g/mol. The molecule has 0 aliphatic heterocycles. The van der Waals surface area contributed by atoms with E-state index >= 15 is 0 Å². The normalized spacial score (nSPS) is 17.3. The van der Waals surface area contributed by atoms with Crippen LogP contribution in [0.25, 0.3) is 0 Å². The van der Waals surface area contributed by atoms with Gasteiger partial charge < -0.3 is 15.7 Å². The maximum atomic E-state index is 12.1. The Balaban J connectivity index is 1.81. The molecule has 1 aliphatic rings. The number of amides is 2. The lowest BCUT2D eigenvalue weighted by molar-refractivity contribution is -0.132. The van der Waals surface area contributed by atoms with Crippen molar-refractivity contribution in [2.45, 2.75) is 64.5 Å². The first-order valence-electron chi connectivity index (χ1n) is 9.05. The minimum absolute atomic E-state index is 0.0489. The molecule has 1 aromatic carbocycles. The van der Waals surface area contributed by atoms with E-state index in [0.717, 1.165) is 24.8 Å². The summed E-state index contributed by atoms with van der Waals surface area (Å²) < 4.78 is 0. The largest absolute Gasteiger partial charge is 0.387 e. The molecule has 1 aromatic rings. The van der Waals surface area contributed by atoms with E-state index in [0.29, 0.717) is 0 Å². The first-order valence-corrected chi connectivity index (χ1v) is 9.05. The molecule has 0 heterocycles. The molecule has 2 rings (SSSR count). The van der Waals surface area contributed by atoms with Gasteiger partial charge in [0.15, 0.2) is 0 Å². The maximum absolute atomic E-state index is 12.1. The predicted octanol–water partition coefficient (Wildman–Crippen LogP) is 2.44. The number of hydrogen-bond acceptors (Lipinski definition) is 3. The van der Waals surface area contributed by atoms with Crippen molar-refractivity contribution in [2.24, 2.45) is 5.92 Å². The third-order valence-corrected chi connectivity index (χ3v) is 4.86. The molecule has 138 valence electrons. The lowest BCUT2D eigenvalue weighted by Crippen LogP contribution is -2.48. The molecule has 5 nitrogen and oxygen atoms in total. The molecule has 2 amide bonds. The van der Waals surface area contributed by atoms with Crippen LogP contribution in [0, 0.1) is 5.92 Å². The Morgan fingerprint density at radius 3 is 2.28 bits per heavy atom. The van der Waals surface area contributed by atoms with E-state index in [4.69, 9.17) is 0 Å². The van der Waals surface area contributed by atoms with Crippen LogP contribution in [0.3, 0.4) is 0 Å². The van der Waals surface area contributed by atoms with Crippen molar-refractivity contribution in [1.29, 1.82) is 0 Å². The molecule has 0 bridgehead atoms. The molecule has 0 aromatic heterocycles. The zero-order valence-corrected chi connectivity index (χ0v) is 15.6. The molecule has 3 N–H and O–H groups in total. The van der Waals surface area contributed by atoms with E-state index in [-0.39, 0.29) is 29.7 Å². The van der Waals surface area contributed by atoms with Crippen LogP contribution in [0.15, 0.2) is 24.3 Å². The fourth-order valence-electron chi connectivity index (χ4n) is 2.74. The number of aliphatic hydroxyl groups excluding tert-OH is 1. The van der Waals surface area contributed by atoms with Gasteiger partial charge in [-0.25, -0.2) is 0 Å². The van der Waals surface area contributed by atoms with Crippen molar-refractivity contribution >= 4 is 11.8 Å². The highest BCUT2D eigenvalue weighted by Crippen LogP contribution is 2.26. The molecule has 1 saturated carbocycles. The van der Waals surface area contributed by atoms with Crippen LogP contribution in [0.1, 0.15) is 64.2 Å². The molecular weight excluding hydrogens is 316 g/mol. The van der Waals surface area contributed by atoms with Crippen LogP contribution in [-0.4, -0.2) is 29.5 Å². The molecule has 0 radical (unpaired) electrons. The smallest absolute Gasteiger partial charge is 0.242 e. The van der Waals surface area contributed by atoms with Gasteiger partial charge in [0.05, 0.1) is 6.10 Å². The van der Waals surface area contributed by atoms with E-state index in [1.165, 1.54) is 5.56 Å². The average Bonchev–Trinajstić information content (AvgIpc) is 2.49. The standard InChI is InChI=1S/C20H30N2O3/c1-13(22-19(25)15-6-5-7-15)18(24)21-12-17(23)14-8-10-16(11-9-14)20(2,3)4/h8-11,13,15,17,23H,5-7,12H2,1-4H3,(H,21,24)(H,22,25)/t13-,17+/m1/s1. The highest BCUT2D eigenvalue weighted by Gasteiger charge is 2.27. The molecule has 25 heavy (non-hydrogen) atoms. The van der Waals surface area contributed by atoms with Gasteiger partial charge in [-0.05, 0) is 36.3 Å². The summed E-state index contributed by atoms with van der Waals surface area (Å²) >= 11 is 0. The summed E-state index contributed by atoms with van der Waals surface area (Å²) in [5, 5.41) is 15.7. The number of nitrogens with one attached hydrogen (secondary N) is 2. The summed E-state index contributed by atoms with van der Waals surface area (Å²) in [5.41, 5.74) is 2.02. The summed E-state index contributed by atoms with van der Waals surface area (Å²) in [7, 11) is 0. The highest BCUT2D eigenvalue weighted by atomic mass is 16.3. The van der Waals surface area contributed by atoms with Crippen molar-refractivity contribution in [2.75, 3.05) is 6.54 Å². The highest BCUT2D eigenvalue weighted by molar-refractivity contribution is 5.88. The lowest BCUT2D eigenvalue weighted by Gasteiger charge is -2.26. The molecule has 1 fully saturated rings. The second-order valence-electron chi connectivity index (χ2n) is 7.99. The first-order chi connectivity index (χ1) is 11.7. The van der Waals surface area contributed by atoms with Gasteiger partial charge in [0.1, 0.15) is 6.04 Å². The maximum Gasteiger partial charge on any atom is 0.242 e. The number of hydrogen-bond donors (Lipinski definition) is 3. The SMILES string of the molecule is C[C@@H](NC(=O)C1CCC1)C(=O)NC[C@H](O)c1ccc(C(C)(C)C)cc1. The summed E-state index contributed by atoms with van der Waals surface area (Å²) in [6.45, 7) is 8.20. The number of aliphatic hydroxyl groups is 1. The van der Waals surface area contributed by atoms with Crippen molar-refractivity contribution in [3.8, 4) is 0 Å². The van der Waals surface area contributed by atoms with Crippen molar-refractivity contribution in [3.63, 3.8) is 0 Å². The van der Waals surface area contributed by atoms with Crippen LogP contribution >= 0.6 is 0 Å². The summed E-state index contributed by atoms with van der Waals surface area (Å²) in [4.78, 5) is 24.0. The van der Waals surface area contributed by atoms with Crippen molar-refractivity contribution in [3.05, 3.63) is 35.4 Å². The minimum Gasteiger partial charge on any atom is -0.387 e. The van der Waals surface area contributed by atoms with Crippen LogP contribution in [0.2, 0.25) is 0 Å². The van der Waals surface area contributed by atoms with Gasteiger partial charge in [0, 0.05) is 12.5 Å². The first kappa shape index (κ1) is 19.4. The van der Waals surface area contributed by atoms with E-state index in [9.17, 15) is 14.7 Å². The van der Waals surface area contributed by atoms with Gasteiger partial charge in [-0.2, -0.15) is 0 Å². The number of carbonyl (C=O) groups is 2. The quantitative estimate of drug-likeness (QED) is 0.740. The van der Waals surface area contributed by atoms with Gasteiger partial charge in [0.25, 0.3) is 0 Å². The molecule has 1 aliphatic carbocycles. The van der Waals surface area contributed by atoms with Crippen LogP contribution in [-0.2, 0) is 15.0 Å². The Kier molecular flexibility index (Phi) is 6.22. The van der Waals surface area contributed by atoms with Crippen molar-refractivity contribution < 1.29 is 14.7 Å². The van der Waals surface area contributed by atoms with Gasteiger partial charge in [-0.3, -0.25) is 9.59 Å². The minimum atomic E-state index is -0.771. The van der Waals surface area contributed by atoms with E-state index in [1.54, 1.807) is 6.92 Å². The Hall–Kier alpha value is -1.88. The fourth-order valence-corrected chi connectivity index (χ4v) is 2.74. The summed E-state index contributed by atoms with van der Waals surface area (Å²) in [6, 6.07) is 7.19. The Morgan fingerprint density at radius 1 is 1.20 bits per heavy atom. The molecule has 0 saturated heterocycles. The Labute approximate surface area is 150 Å². The molecule has 5 heteroatoms. The molecule has 0 unspecified atom stereocenters. The van der Waals surface area contributed by atoms with E-state index in [1.807, 2.05) is 24.3 Å². The predicted molar refractivity (Wildman–Crippen MR) is 98.1 cm³/mol. The Morgan fingerprint density at radius 2 is 1.80 bits per heavy atom. The van der Waals surface area contributed by atoms with E-state index in [2.05, 4.69) is 31.4 Å². The van der Waals surface area contributed by atoms with Crippen LogP contribution in [0.5, 0.6) is 0 Å². The lowest BCUT2D eigenvalue weighted by atomic mass is 9.84. The average molecular weight is 346 g/mol.